The maximum atomic E-state index is 12.9. The number of halogens is 4. The third-order valence-electron chi connectivity index (χ3n) is 3.91. The summed E-state index contributed by atoms with van der Waals surface area (Å²) in [4.78, 5) is 13.5. The van der Waals surface area contributed by atoms with Gasteiger partial charge in [0.2, 0.25) is 0 Å². The van der Waals surface area contributed by atoms with E-state index in [0.29, 0.717) is 18.7 Å². The maximum absolute atomic E-state index is 12.9. The van der Waals surface area contributed by atoms with Gasteiger partial charge in [0.05, 0.1) is 5.56 Å². The van der Waals surface area contributed by atoms with Crippen LogP contribution in [0.1, 0.15) is 25.8 Å². The van der Waals surface area contributed by atoms with E-state index >= 15 is 0 Å². The van der Waals surface area contributed by atoms with Gasteiger partial charge in [-0.15, -0.1) is 0 Å². The molecule has 2 nitrogen and oxygen atoms in total. The molecule has 0 N–H and O–H groups in total. The third-order valence-corrected chi connectivity index (χ3v) is 4.60. The molecule has 2 rings (SSSR count). The summed E-state index contributed by atoms with van der Waals surface area (Å²) >= 11 is 2.93. The summed E-state index contributed by atoms with van der Waals surface area (Å²) in [5.74, 6) is 0.00337. The predicted octanol–water partition coefficient (Wildman–Crippen LogP) is 4.27. The zero-order chi connectivity index (χ0) is 15.1. The number of rotatable bonds is 1. The van der Waals surface area contributed by atoms with Gasteiger partial charge in [0, 0.05) is 35.1 Å². The van der Waals surface area contributed by atoms with Crippen molar-refractivity contribution in [3.8, 4) is 0 Å². The van der Waals surface area contributed by atoms with Crippen molar-refractivity contribution in [1.82, 2.24) is 0 Å². The standard InChI is InChI=1S/C14H15BrF3NO/c1-8-9(2)19(6-5-13(8)20)10-3-4-12(15)11(7-10)14(16,17)18/h3-4,7-9H,5-6H2,1-2H3. The van der Waals surface area contributed by atoms with Crippen LogP contribution < -0.4 is 4.90 Å². The van der Waals surface area contributed by atoms with Crippen molar-refractivity contribution in [2.24, 2.45) is 5.92 Å². The van der Waals surface area contributed by atoms with Crippen molar-refractivity contribution in [3.05, 3.63) is 28.2 Å². The van der Waals surface area contributed by atoms with Crippen LogP contribution in [0.15, 0.2) is 22.7 Å². The van der Waals surface area contributed by atoms with Crippen molar-refractivity contribution in [3.63, 3.8) is 0 Å². The Balaban J connectivity index is 2.36. The minimum atomic E-state index is -4.39. The van der Waals surface area contributed by atoms with Gasteiger partial charge in [-0.1, -0.05) is 22.9 Å². The van der Waals surface area contributed by atoms with Crippen LogP contribution in [0.4, 0.5) is 18.9 Å². The zero-order valence-electron chi connectivity index (χ0n) is 11.2. The van der Waals surface area contributed by atoms with Crippen molar-refractivity contribution in [2.45, 2.75) is 32.5 Å². The lowest BCUT2D eigenvalue weighted by Gasteiger charge is -2.39. The number of anilines is 1. The van der Waals surface area contributed by atoms with Gasteiger partial charge in [0.1, 0.15) is 5.78 Å². The molecule has 2 unspecified atom stereocenters. The van der Waals surface area contributed by atoms with Crippen molar-refractivity contribution >= 4 is 27.4 Å². The SMILES string of the molecule is CC1C(=O)CCN(c2ccc(Br)c(C(F)(F)F)c2)C1C. The number of carbonyl (C=O) groups excluding carboxylic acids is 1. The Morgan fingerprint density at radius 2 is 1.95 bits per heavy atom. The molecule has 1 fully saturated rings. The number of piperidine rings is 1. The molecule has 6 heteroatoms. The highest BCUT2D eigenvalue weighted by Crippen LogP contribution is 2.38. The average Bonchev–Trinajstić information content (AvgIpc) is 2.36. The first kappa shape index (κ1) is 15.4. The largest absolute Gasteiger partial charge is 0.417 e. The van der Waals surface area contributed by atoms with Crippen molar-refractivity contribution in [2.75, 3.05) is 11.4 Å². The molecule has 1 heterocycles. The van der Waals surface area contributed by atoms with E-state index in [0.717, 1.165) is 6.07 Å². The van der Waals surface area contributed by atoms with Gasteiger partial charge >= 0.3 is 6.18 Å². The molecule has 0 aliphatic carbocycles. The Morgan fingerprint density at radius 3 is 2.55 bits per heavy atom. The second-order valence-electron chi connectivity index (χ2n) is 5.10. The van der Waals surface area contributed by atoms with Gasteiger partial charge in [0.15, 0.2) is 0 Å². The van der Waals surface area contributed by atoms with E-state index < -0.39 is 11.7 Å². The maximum Gasteiger partial charge on any atom is 0.417 e. The Bertz CT molecular complexity index is 530. The number of hydrogen-bond donors (Lipinski definition) is 0. The van der Waals surface area contributed by atoms with E-state index in [1.807, 2.05) is 18.7 Å². The van der Waals surface area contributed by atoms with E-state index in [1.165, 1.54) is 6.07 Å². The highest BCUT2D eigenvalue weighted by Gasteiger charge is 2.35. The number of alkyl halides is 3. The van der Waals surface area contributed by atoms with Gasteiger partial charge < -0.3 is 4.90 Å². The van der Waals surface area contributed by atoms with E-state index in [-0.39, 0.29) is 22.2 Å². The van der Waals surface area contributed by atoms with Crippen LogP contribution in [-0.4, -0.2) is 18.4 Å². The fraction of sp³-hybridized carbons (Fsp3) is 0.500. The van der Waals surface area contributed by atoms with Crippen molar-refractivity contribution < 1.29 is 18.0 Å². The first-order valence-corrected chi connectivity index (χ1v) is 7.17. The first-order valence-electron chi connectivity index (χ1n) is 6.38. The molecule has 0 amide bonds. The molecule has 2 atom stereocenters. The molecule has 0 radical (unpaired) electrons. The first-order chi connectivity index (χ1) is 9.21. The second kappa shape index (κ2) is 5.39. The smallest absolute Gasteiger partial charge is 0.368 e. The fourth-order valence-corrected chi connectivity index (χ4v) is 2.95. The van der Waals surface area contributed by atoms with Crippen LogP contribution in [-0.2, 0) is 11.0 Å². The van der Waals surface area contributed by atoms with Crippen molar-refractivity contribution in [1.29, 1.82) is 0 Å². The highest BCUT2D eigenvalue weighted by molar-refractivity contribution is 9.10. The Morgan fingerprint density at radius 1 is 1.30 bits per heavy atom. The molecule has 1 saturated heterocycles. The topological polar surface area (TPSA) is 20.3 Å². The summed E-state index contributed by atoms with van der Waals surface area (Å²) in [6, 6.07) is 4.10. The molecule has 0 aromatic heterocycles. The summed E-state index contributed by atoms with van der Waals surface area (Å²) in [6.45, 7) is 4.16. The monoisotopic (exact) mass is 349 g/mol. The minimum Gasteiger partial charge on any atom is -0.368 e. The van der Waals surface area contributed by atoms with Gasteiger partial charge in [-0.05, 0) is 25.1 Å². The summed E-state index contributed by atoms with van der Waals surface area (Å²) < 4.78 is 38.8. The molecule has 1 aromatic rings. The molecule has 0 spiro atoms. The van der Waals surface area contributed by atoms with Gasteiger partial charge in [0.25, 0.3) is 0 Å². The molecule has 1 aliphatic heterocycles. The summed E-state index contributed by atoms with van der Waals surface area (Å²) in [5.41, 5.74) is -0.181. The Labute approximate surface area is 124 Å². The van der Waals surface area contributed by atoms with E-state index in [4.69, 9.17) is 0 Å². The number of Topliss-reactive ketones (excluding diaryl/α,β-unsaturated/α-hetero) is 1. The fourth-order valence-electron chi connectivity index (χ4n) is 2.47. The second-order valence-corrected chi connectivity index (χ2v) is 5.96. The predicted molar refractivity (Wildman–Crippen MR) is 74.7 cm³/mol. The van der Waals surface area contributed by atoms with E-state index in [1.54, 1.807) is 6.07 Å². The number of carbonyl (C=O) groups is 1. The van der Waals surface area contributed by atoms with Crippen LogP contribution in [0.25, 0.3) is 0 Å². The normalized spacial score (nSPS) is 24.1. The Hall–Kier alpha value is -1.04. The van der Waals surface area contributed by atoms with E-state index in [9.17, 15) is 18.0 Å². The summed E-state index contributed by atoms with van der Waals surface area (Å²) in [5, 5.41) is 0. The molecule has 110 valence electrons. The van der Waals surface area contributed by atoms with Crippen LogP contribution in [0, 0.1) is 5.92 Å². The van der Waals surface area contributed by atoms with Crippen LogP contribution >= 0.6 is 15.9 Å². The molecule has 1 aliphatic rings. The highest BCUT2D eigenvalue weighted by atomic mass is 79.9. The lowest BCUT2D eigenvalue weighted by atomic mass is 9.90. The minimum absolute atomic E-state index is 0.0301. The van der Waals surface area contributed by atoms with Crippen LogP contribution in [0.5, 0.6) is 0 Å². The molecular formula is C14H15BrF3NO. The molecule has 1 aromatic carbocycles. The van der Waals surface area contributed by atoms with Crippen LogP contribution in [0.2, 0.25) is 0 Å². The number of nitrogens with zero attached hydrogens (tertiary/aromatic N) is 1. The average molecular weight is 350 g/mol. The Kier molecular flexibility index (Phi) is 4.14. The van der Waals surface area contributed by atoms with Gasteiger partial charge in [-0.2, -0.15) is 13.2 Å². The van der Waals surface area contributed by atoms with Gasteiger partial charge in [-0.3, -0.25) is 4.79 Å². The third kappa shape index (κ3) is 2.85. The summed E-state index contributed by atoms with van der Waals surface area (Å²) in [6.07, 6.45) is -4.02. The quantitative estimate of drug-likeness (QED) is 0.754. The summed E-state index contributed by atoms with van der Waals surface area (Å²) in [7, 11) is 0. The lowest BCUT2D eigenvalue weighted by molar-refractivity contribution is -0.138. The molecule has 0 bridgehead atoms. The number of ketones is 1. The van der Waals surface area contributed by atoms with Gasteiger partial charge in [-0.25, -0.2) is 0 Å². The molecule has 0 saturated carbocycles. The molecular weight excluding hydrogens is 335 g/mol. The number of hydrogen-bond acceptors (Lipinski definition) is 2. The zero-order valence-corrected chi connectivity index (χ0v) is 12.8. The van der Waals surface area contributed by atoms with Crippen LogP contribution in [0.3, 0.4) is 0 Å². The van der Waals surface area contributed by atoms with E-state index in [2.05, 4.69) is 15.9 Å². The number of benzene rings is 1. The lowest BCUT2D eigenvalue weighted by Crippen LogP contribution is -2.47. The molecule has 20 heavy (non-hydrogen) atoms.